The Bertz CT molecular complexity index is 1220. The summed E-state index contributed by atoms with van der Waals surface area (Å²) in [4.78, 5) is 20.0. The molecule has 292 valence electrons. The summed E-state index contributed by atoms with van der Waals surface area (Å²) in [7, 11) is 7.45. The minimum atomic E-state index is -0.758. The predicted octanol–water partition coefficient (Wildman–Crippen LogP) is 5.95. The largest absolute Gasteiger partial charge is 0.497 e. The van der Waals surface area contributed by atoms with Gasteiger partial charge in [0.05, 0.1) is 38.1 Å². The Morgan fingerprint density at radius 3 is 2.41 bits per heavy atom. The van der Waals surface area contributed by atoms with Crippen LogP contribution in [0.5, 0.6) is 5.75 Å². The van der Waals surface area contributed by atoms with Gasteiger partial charge in [-0.25, -0.2) is 0 Å². The summed E-state index contributed by atoms with van der Waals surface area (Å²) in [6.45, 7) is 20.4. The molecule has 3 aliphatic heterocycles. The van der Waals surface area contributed by atoms with E-state index < -0.39 is 18.0 Å². The van der Waals surface area contributed by atoms with Crippen LogP contribution in [0.1, 0.15) is 97.3 Å². The third-order valence-electron chi connectivity index (χ3n) is 11.9. The monoisotopic (exact) mass is 718 g/mol. The molecule has 3 heterocycles. The van der Waals surface area contributed by atoms with E-state index in [2.05, 4.69) is 58.3 Å². The number of carbonyl (C=O) groups excluding carboxylic acids is 1. The average molecular weight is 718 g/mol. The van der Waals surface area contributed by atoms with Crippen molar-refractivity contribution >= 4 is 5.91 Å². The van der Waals surface area contributed by atoms with Crippen molar-refractivity contribution in [1.82, 2.24) is 14.7 Å². The summed E-state index contributed by atoms with van der Waals surface area (Å²) >= 11 is 0. The minimum absolute atomic E-state index is 0.0239. The first-order valence-corrected chi connectivity index (χ1v) is 19.5. The first kappa shape index (κ1) is 42.0. The maximum Gasteiger partial charge on any atom is 0.253 e. The van der Waals surface area contributed by atoms with Crippen molar-refractivity contribution in [1.29, 1.82) is 0 Å². The maximum atomic E-state index is 13.3. The molecule has 0 unspecified atom stereocenters. The summed E-state index contributed by atoms with van der Waals surface area (Å²) in [6, 6.07) is 7.70. The molecule has 1 aromatic carbocycles. The number of likely N-dealkylation sites (N-methyl/N-ethyl adjacent to an activating group) is 2. The molecular formula is C41H71N3O7. The van der Waals surface area contributed by atoms with E-state index >= 15 is 0 Å². The number of benzene rings is 1. The van der Waals surface area contributed by atoms with Crippen molar-refractivity contribution in [3.05, 3.63) is 29.8 Å². The molecule has 9 atom stereocenters. The number of piperidine rings is 1. The Morgan fingerprint density at radius 2 is 1.78 bits per heavy atom. The number of hydrogen-bond donors (Lipinski definition) is 1. The van der Waals surface area contributed by atoms with Crippen molar-refractivity contribution in [3.8, 4) is 5.75 Å². The smallest absolute Gasteiger partial charge is 0.253 e. The van der Waals surface area contributed by atoms with Gasteiger partial charge in [-0.2, -0.15) is 0 Å². The highest BCUT2D eigenvalue weighted by molar-refractivity contribution is 5.94. The molecule has 1 aromatic rings. The van der Waals surface area contributed by atoms with Crippen LogP contribution in [0.25, 0.3) is 0 Å². The lowest BCUT2D eigenvalue weighted by molar-refractivity contribution is -0.298. The highest BCUT2D eigenvalue weighted by Crippen LogP contribution is 2.40. The fraction of sp³-hybridized carbons (Fsp3) is 0.829. The lowest BCUT2D eigenvalue weighted by Crippen LogP contribution is -2.58. The van der Waals surface area contributed by atoms with Crippen LogP contribution in [-0.2, 0) is 18.9 Å². The zero-order valence-electron chi connectivity index (χ0n) is 33.7. The summed E-state index contributed by atoms with van der Waals surface area (Å²) in [5.74, 6) is 1.75. The molecule has 1 amide bonds. The van der Waals surface area contributed by atoms with E-state index in [-0.39, 0.29) is 41.5 Å². The second-order valence-corrected chi connectivity index (χ2v) is 17.3. The van der Waals surface area contributed by atoms with E-state index in [4.69, 9.17) is 23.7 Å². The Balaban J connectivity index is 1.49. The normalized spacial score (nSPS) is 35.1. The zero-order valence-corrected chi connectivity index (χ0v) is 33.7. The van der Waals surface area contributed by atoms with Crippen molar-refractivity contribution in [2.45, 2.75) is 129 Å². The topological polar surface area (TPSA) is 93.2 Å². The SMILES string of the molecule is CCN1C[C@H](C)C[C@@](C)(OC)[C@H](O[C@@H]2O[C@H](C)C[C@H](N(C)C)[C@H]2O)[C@H](C)CC(C)(C)COC[C@H]1CC1CCN(C(=O)c2cccc(OC)c2)CC1. The summed E-state index contributed by atoms with van der Waals surface area (Å²) in [6.07, 6.45) is 3.66. The first-order valence-electron chi connectivity index (χ1n) is 19.5. The van der Waals surface area contributed by atoms with Gasteiger partial charge in [-0.05, 0) is 114 Å². The van der Waals surface area contributed by atoms with Crippen LogP contribution in [0.15, 0.2) is 24.3 Å². The molecular weight excluding hydrogens is 646 g/mol. The summed E-state index contributed by atoms with van der Waals surface area (Å²) in [5, 5.41) is 11.4. The molecule has 10 heteroatoms. The first-order chi connectivity index (χ1) is 24.1. The van der Waals surface area contributed by atoms with Crippen LogP contribution >= 0.6 is 0 Å². The van der Waals surface area contributed by atoms with Crippen LogP contribution in [0, 0.1) is 23.2 Å². The third kappa shape index (κ3) is 11.1. The molecule has 3 saturated heterocycles. The lowest BCUT2D eigenvalue weighted by atomic mass is 9.75. The third-order valence-corrected chi connectivity index (χ3v) is 11.9. The second kappa shape index (κ2) is 18.5. The molecule has 3 aliphatic rings. The maximum absolute atomic E-state index is 13.3. The number of methoxy groups -OCH3 is 2. The fourth-order valence-electron chi connectivity index (χ4n) is 9.21. The van der Waals surface area contributed by atoms with E-state index in [0.717, 1.165) is 64.7 Å². The van der Waals surface area contributed by atoms with Gasteiger partial charge in [0, 0.05) is 44.4 Å². The van der Waals surface area contributed by atoms with E-state index in [0.29, 0.717) is 36.4 Å². The molecule has 0 aromatic heterocycles. The standard InChI is InChI=1S/C41H71N3O7/c1-12-43-25-28(2)23-41(7,48-11)37(51-39-36(45)35(42(8)9)20-30(4)50-39)29(3)24-40(5,6)27-49-26-33(43)21-31-16-18-44(19-17-31)38(46)32-14-13-15-34(22-32)47-10/h13-15,22,28-31,33,35-37,39,45H,12,16-21,23-27H2,1-11H3/t28-,29-,30-,33-,35+,36-,37-,39+,41-/m1/s1. The van der Waals surface area contributed by atoms with E-state index in [9.17, 15) is 9.90 Å². The number of ether oxygens (including phenoxy) is 5. The summed E-state index contributed by atoms with van der Waals surface area (Å²) < 4.78 is 31.7. The molecule has 1 N–H and O–H groups in total. The number of likely N-dealkylation sites (tertiary alicyclic amines) is 1. The molecule has 51 heavy (non-hydrogen) atoms. The van der Waals surface area contributed by atoms with E-state index in [1.165, 1.54) is 0 Å². The Morgan fingerprint density at radius 1 is 1.08 bits per heavy atom. The number of aliphatic hydroxyl groups excluding tert-OH is 1. The van der Waals surface area contributed by atoms with Gasteiger partial charge in [-0.1, -0.05) is 40.7 Å². The van der Waals surface area contributed by atoms with Crippen molar-refractivity contribution < 1.29 is 33.6 Å². The Labute approximate surface area is 309 Å². The van der Waals surface area contributed by atoms with Crippen LogP contribution in [-0.4, -0.2) is 136 Å². The van der Waals surface area contributed by atoms with Gasteiger partial charge in [-0.3, -0.25) is 9.69 Å². The second-order valence-electron chi connectivity index (χ2n) is 17.3. The predicted molar refractivity (Wildman–Crippen MR) is 202 cm³/mol. The van der Waals surface area contributed by atoms with Gasteiger partial charge < -0.3 is 38.6 Å². The summed E-state index contributed by atoms with van der Waals surface area (Å²) in [5.41, 5.74) is -0.0167. The molecule has 0 spiro atoms. The van der Waals surface area contributed by atoms with Crippen LogP contribution in [0.3, 0.4) is 0 Å². The van der Waals surface area contributed by atoms with E-state index in [1.807, 2.05) is 43.3 Å². The zero-order chi connectivity index (χ0) is 37.5. The van der Waals surface area contributed by atoms with E-state index in [1.54, 1.807) is 14.2 Å². The van der Waals surface area contributed by atoms with Gasteiger partial charge in [-0.15, -0.1) is 0 Å². The van der Waals surface area contributed by atoms with Crippen molar-refractivity contribution in [3.63, 3.8) is 0 Å². The van der Waals surface area contributed by atoms with Crippen molar-refractivity contribution in [2.75, 3.05) is 67.7 Å². The number of nitrogens with zero attached hydrogens (tertiary/aromatic N) is 3. The molecule has 0 radical (unpaired) electrons. The van der Waals surface area contributed by atoms with Gasteiger partial charge >= 0.3 is 0 Å². The molecule has 0 bridgehead atoms. The number of rotatable bonds is 9. The average Bonchev–Trinajstić information content (AvgIpc) is 3.09. The highest BCUT2D eigenvalue weighted by Gasteiger charge is 2.47. The number of aliphatic hydroxyl groups is 1. The van der Waals surface area contributed by atoms with Gasteiger partial charge in [0.2, 0.25) is 0 Å². The van der Waals surface area contributed by atoms with Crippen molar-refractivity contribution in [2.24, 2.45) is 23.2 Å². The highest BCUT2D eigenvalue weighted by atomic mass is 16.7. The Kier molecular flexibility index (Phi) is 15.2. The molecule has 4 rings (SSSR count). The quantitative estimate of drug-likeness (QED) is 0.333. The molecule has 0 saturated carbocycles. The molecule has 3 fully saturated rings. The van der Waals surface area contributed by atoms with Gasteiger partial charge in [0.15, 0.2) is 6.29 Å². The van der Waals surface area contributed by atoms with Gasteiger partial charge in [0.1, 0.15) is 11.9 Å². The lowest BCUT2D eigenvalue weighted by Gasteiger charge is -2.47. The van der Waals surface area contributed by atoms with Crippen LogP contribution < -0.4 is 4.74 Å². The molecule has 0 aliphatic carbocycles. The fourth-order valence-corrected chi connectivity index (χ4v) is 9.21. The number of hydrogen-bond acceptors (Lipinski definition) is 9. The molecule has 10 nitrogen and oxygen atoms in total. The minimum Gasteiger partial charge on any atom is -0.497 e. The van der Waals surface area contributed by atoms with Crippen LogP contribution in [0.4, 0.5) is 0 Å². The number of carbonyl (C=O) groups is 1. The Hall–Kier alpha value is -1.79. The van der Waals surface area contributed by atoms with Gasteiger partial charge in [0.25, 0.3) is 5.91 Å². The van der Waals surface area contributed by atoms with Crippen LogP contribution in [0.2, 0.25) is 0 Å². The number of amides is 1.